The van der Waals surface area contributed by atoms with E-state index in [1.54, 1.807) is 6.08 Å². The first-order chi connectivity index (χ1) is 6.27. The summed E-state index contributed by atoms with van der Waals surface area (Å²) in [7, 11) is 0. The number of nitrogens with zero attached hydrogens (tertiary/aromatic N) is 1. The van der Waals surface area contributed by atoms with Crippen LogP contribution in [0.4, 0.5) is 0 Å². The minimum Gasteiger partial charge on any atom is -0.342 e. The number of rotatable bonds is 3. The monoisotopic (exact) mass is 174 g/mol. The lowest BCUT2D eigenvalue weighted by molar-refractivity contribution is 1.21. The lowest BCUT2D eigenvalue weighted by Crippen LogP contribution is -1.83. The first kappa shape index (κ1) is 9.52. The zero-order chi connectivity index (χ0) is 9.68. The molecule has 0 aliphatic rings. The van der Waals surface area contributed by atoms with Crippen molar-refractivity contribution in [2.45, 2.75) is 13.8 Å². The predicted octanol–water partition coefficient (Wildman–Crippen LogP) is 2.86. The third-order valence-electron chi connectivity index (χ3n) is 1.66. The van der Waals surface area contributed by atoms with Gasteiger partial charge in [0.25, 0.3) is 0 Å². The molecule has 0 radical (unpaired) electrons. The summed E-state index contributed by atoms with van der Waals surface area (Å²) >= 11 is 0. The molecule has 0 unspecified atom stereocenters. The SMILES string of the molecule is C=C/C(=C\C=C/C)c1ncc(C)[nH]1. The van der Waals surface area contributed by atoms with Gasteiger partial charge in [0, 0.05) is 17.5 Å². The van der Waals surface area contributed by atoms with E-state index in [0.717, 1.165) is 17.1 Å². The highest BCUT2D eigenvalue weighted by Gasteiger charge is 1.99. The maximum atomic E-state index is 4.21. The van der Waals surface area contributed by atoms with Gasteiger partial charge in [-0.2, -0.15) is 0 Å². The Labute approximate surface area is 78.7 Å². The van der Waals surface area contributed by atoms with Crippen LogP contribution in [0, 0.1) is 6.92 Å². The Hall–Kier alpha value is -1.57. The molecule has 0 aromatic carbocycles. The summed E-state index contributed by atoms with van der Waals surface area (Å²) in [6.07, 6.45) is 9.51. The van der Waals surface area contributed by atoms with Crippen LogP contribution in [0.25, 0.3) is 5.57 Å². The molecule has 0 aliphatic heterocycles. The second-order valence-electron chi connectivity index (χ2n) is 2.77. The Bertz CT molecular complexity index is 343. The van der Waals surface area contributed by atoms with E-state index in [1.165, 1.54) is 0 Å². The number of nitrogens with one attached hydrogen (secondary N) is 1. The molecule has 0 atom stereocenters. The zero-order valence-corrected chi connectivity index (χ0v) is 8.04. The highest BCUT2D eigenvalue weighted by molar-refractivity contribution is 5.70. The summed E-state index contributed by atoms with van der Waals surface area (Å²) in [5.41, 5.74) is 2.06. The van der Waals surface area contributed by atoms with Crippen molar-refractivity contribution >= 4 is 5.57 Å². The number of imidazole rings is 1. The van der Waals surface area contributed by atoms with Gasteiger partial charge >= 0.3 is 0 Å². The molecule has 0 spiro atoms. The second-order valence-corrected chi connectivity index (χ2v) is 2.77. The van der Waals surface area contributed by atoms with Gasteiger partial charge in [0.15, 0.2) is 0 Å². The molecule has 0 saturated heterocycles. The van der Waals surface area contributed by atoms with Crippen molar-refractivity contribution in [1.82, 2.24) is 9.97 Å². The Balaban J connectivity index is 2.96. The van der Waals surface area contributed by atoms with Crippen LogP contribution in [0.5, 0.6) is 0 Å². The summed E-state index contributed by atoms with van der Waals surface area (Å²) < 4.78 is 0. The molecule has 1 rings (SSSR count). The fourth-order valence-electron chi connectivity index (χ4n) is 1.00. The predicted molar refractivity (Wildman–Crippen MR) is 56.3 cm³/mol. The van der Waals surface area contributed by atoms with Crippen molar-refractivity contribution in [2.75, 3.05) is 0 Å². The molecular weight excluding hydrogens is 160 g/mol. The highest BCUT2D eigenvalue weighted by atomic mass is 14.9. The molecule has 68 valence electrons. The Morgan fingerprint density at radius 3 is 2.85 bits per heavy atom. The van der Waals surface area contributed by atoms with E-state index in [0.29, 0.717) is 0 Å². The van der Waals surface area contributed by atoms with E-state index in [9.17, 15) is 0 Å². The van der Waals surface area contributed by atoms with Gasteiger partial charge in [0.05, 0.1) is 0 Å². The van der Waals surface area contributed by atoms with Gasteiger partial charge in [0.1, 0.15) is 5.82 Å². The smallest absolute Gasteiger partial charge is 0.137 e. The molecule has 2 heteroatoms. The number of H-pyrrole nitrogens is 1. The minimum atomic E-state index is 0.866. The van der Waals surface area contributed by atoms with Crippen molar-refractivity contribution in [3.05, 3.63) is 48.6 Å². The van der Waals surface area contributed by atoms with Crippen molar-refractivity contribution in [3.8, 4) is 0 Å². The molecule has 0 aliphatic carbocycles. The van der Waals surface area contributed by atoms with Gasteiger partial charge in [-0.25, -0.2) is 4.98 Å². The lowest BCUT2D eigenvalue weighted by atomic mass is 10.2. The van der Waals surface area contributed by atoms with Gasteiger partial charge in [0.2, 0.25) is 0 Å². The van der Waals surface area contributed by atoms with Crippen LogP contribution in [-0.4, -0.2) is 9.97 Å². The number of aromatic amines is 1. The van der Waals surface area contributed by atoms with E-state index >= 15 is 0 Å². The molecule has 0 bridgehead atoms. The molecule has 1 N–H and O–H groups in total. The number of hydrogen-bond acceptors (Lipinski definition) is 1. The summed E-state index contributed by atoms with van der Waals surface area (Å²) in [5.74, 6) is 0.866. The van der Waals surface area contributed by atoms with Crippen LogP contribution < -0.4 is 0 Å². The maximum absolute atomic E-state index is 4.21. The van der Waals surface area contributed by atoms with Crippen LogP contribution in [0.1, 0.15) is 18.4 Å². The summed E-state index contributed by atoms with van der Waals surface area (Å²) in [4.78, 5) is 7.36. The molecule has 13 heavy (non-hydrogen) atoms. The van der Waals surface area contributed by atoms with E-state index in [4.69, 9.17) is 0 Å². The number of hydrogen-bond donors (Lipinski definition) is 1. The molecule has 0 fully saturated rings. The van der Waals surface area contributed by atoms with Gasteiger partial charge in [-0.15, -0.1) is 0 Å². The van der Waals surface area contributed by atoms with Crippen LogP contribution >= 0.6 is 0 Å². The van der Waals surface area contributed by atoms with E-state index in [1.807, 2.05) is 38.3 Å². The first-order valence-electron chi connectivity index (χ1n) is 4.25. The van der Waals surface area contributed by atoms with Crippen molar-refractivity contribution in [1.29, 1.82) is 0 Å². The van der Waals surface area contributed by atoms with Gasteiger partial charge in [-0.1, -0.05) is 30.9 Å². The molecule has 2 nitrogen and oxygen atoms in total. The topological polar surface area (TPSA) is 28.7 Å². The summed E-state index contributed by atoms with van der Waals surface area (Å²) in [5, 5.41) is 0. The third kappa shape index (κ3) is 2.44. The van der Waals surface area contributed by atoms with Gasteiger partial charge in [-0.3, -0.25) is 0 Å². The van der Waals surface area contributed by atoms with E-state index in [-0.39, 0.29) is 0 Å². The van der Waals surface area contributed by atoms with Gasteiger partial charge in [-0.05, 0) is 13.8 Å². The normalized spacial score (nSPS) is 12.3. The Morgan fingerprint density at radius 1 is 1.62 bits per heavy atom. The van der Waals surface area contributed by atoms with Crippen molar-refractivity contribution in [2.24, 2.45) is 0 Å². The average Bonchev–Trinajstić information content (AvgIpc) is 2.54. The largest absolute Gasteiger partial charge is 0.342 e. The number of allylic oxidation sites excluding steroid dienone is 5. The maximum Gasteiger partial charge on any atom is 0.137 e. The lowest BCUT2D eigenvalue weighted by Gasteiger charge is -1.94. The fraction of sp³-hybridized carbons (Fsp3) is 0.182. The van der Waals surface area contributed by atoms with Crippen molar-refractivity contribution in [3.63, 3.8) is 0 Å². The van der Waals surface area contributed by atoms with Crippen LogP contribution in [0.15, 0.2) is 37.1 Å². The van der Waals surface area contributed by atoms with Crippen LogP contribution in [0.2, 0.25) is 0 Å². The molecule has 0 saturated carbocycles. The number of aryl methyl sites for hydroxylation is 1. The molecule has 1 heterocycles. The van der Waals surface area contributed by atoms with Crippen molar-refractivity contribution < 1.29 is 0 Å². The minimum absolute atomic E-state index is 0.866. The van der Waals surface area contributed by atoms with Crippen LogP contribution in [0.3, 0.4) is 0 Å². The first-order valence-corrected chi connectivity index (χ1v) is 4.25. The molecular formula is C11H14N2. The van der Waals surface area contributed by atoms with Gasteiger partial charge < -0.3 is 4.98 Å². The molecule has 0 amide bonds. The zero-order valence-electron chi connectivity index (χ0n) is 8.04. The standard InChI is InChI=1S/C11H14N2/c1-4-6-7-10(5-2)11-12-8-9(3)13-11/h4-8H,2H2,1,3H3,(H,12,13)/b6-4-,10-7+. The summed E-state index contributed by atoms with van der Waals surface area (Å²) in [6, 6.07) is 0. The third-order valence-corrected chi connectivity index (χ3v) is 1.66. The van der Waals surface area contributed by atoms with Crippen LogP contribution in [-0.2, 0) is 0 Å². The Morgan fingerprint density at radius 2 is 2.38 bits per heavy atom. The van der Waals surface area contributed by atoms with E-state index < -0.39 is 0 Å². The average molecular weight is 174 g/mol. The Kier molecular flexibility index (Phi) is 3.26. The summed E-state index contributed by atoms with van der Waals surface area (Å²) in [6.45, 7) is 7.69. The highest BCUT2D eigenvalue weighted by Crippen LogP contribution is 2.11. The molecule has 1 aromatic rings. The molecule has 1 aromatic heterocycles. The van der Waals surface area contributed by atoms with E-state index in [2.05, 4.69) is 16.5 Å². The number of aromatic nitrogens is 2. The fourth-order valence-corrected chi connectivity index (χ4v) is 1.00. The second kappa shape index (κ2) is 4.45. The quantitative estimate of drug-likeness (QED) is 0.701.